The molecule has 1 aromatic rings. The van der Waals surface area contributed by atoms with Crippen LogP contribution in [0.4, 0.5) is 0 Å². The molecule has 0 fully saturated rings. The van der Waals surface area contributed by atoms with Crippen molar-refractivity contribution < 1.29 is 9.84 Å². The number of rotatable bonds is 3. The molecule has 0 aliphatic carbocycles. The van der Waals surface area contributed by atoms with Gasteiger partial charge in [-0.1, -0.05) is 11.2 Å². The molecule has 0 saturated heterocycles. The number of hydrogen-bond acceptors (Lipinski definition) is 4. The van der Waals surface area contributed by atoms with Crippen LogP contribution in [0.25, 0.3) is 0 Å². The number of phenols is 1. The third-order valence-corrected chi connectivity index (χ3v) is 1.55. The fourth-order valence-electron chi connectivity index (χ4n) is 0.969. The van der Waals surface area contributed by atoms with Gasteiger partial charge in [0.05, 0.1) is 12.7 Å². The quantitative estimate of drug-likeness (QED) is 0.696. The second-order valence-corrected chi connectivity index (χ2v) is 2.25. The van der Waals surface area contributed by atoms with E-state index in [9.17, 15) is 10.0 Å². The third kappa shape index (κ3) is 1.53. The molecular weight excluding hydrogens is 158 g/mol. The Balaban J connectivity index is 3.10. The van der Waals surface area contributed by atoms with Crippen molar-refractivity contribution in [2.75, 3.05) is 7.11 Å². The molecule has 64 valence electrons. The van der Waals surface area contributed by atoms with Gasteiger partial charge in [-0.3, -0.25) is 0 Å². The highest BCUT2D eigenvalue weighted by Gasteiger charge is 2.06. The Bertz CT molecular complexity index is 286. The number of hydrogen-bond donors (Lipinski definition) is 1. The normalized spacial score (nSPS) is 9.42. The summed E-state index contributed by atoms with van der Waals surface area (Å²) in [6, 6.07) is 4.80. The molecule has 0 bridgehead atoms. The number of benzene rings is 1. The van der Waals surface area contributed by atoms with Crippen LogP contribution in [-0.2, 0) is 6.54 Å². The lowest BCUT2D eigenvalue weighted by Crippen LogP contribution is -1.90. The molecule has 0 atom stereocenters. The van der Waals surface area contributed by atoms with Crippen LogP contribution in [-0.4, -0.2) is 12.2 Å². The van der Waals surface area contributed by atoms with Crippen molar-refractivity contribution in [3.63, 3.8) is 0 Å². The summed E-state index contributed by atoms with van der Waals surface area (Å²) < 4.78 is 4.92. The zero-order valence-electron chi connectivity index (χ0n) is 6.65. The summed E-state index contributed by atoms with van der Waals surface area (Å²) in [7, 11) is 1.48. The molecule has 0 spiro atoms. The fraction of sp³-hybridized carbons (Fsp3) is 0.250. The number of aromatic hydroxyl groups is 1. The van der Waals surface area contributed by atoms with Crippen molar-refractivity contribution in [2.45, 2.75) is 6.54 Å². The van der Waals surface area contributed by atoms with E-state index in [-0.39, 0.29) is 12.3 Å². The highest BCUT2D eigenvalue weighted by Crippen LogP contribution is 2.27. The Morgan fingerprint density at radius 1 is 1.58 bits per heavy atom. The maximum Gasteiger partial charge on any atom is 0.127 e. The first kappa shape index (κ1) is 8.52. The summed E-state index contributed by atoms with van der Waals surface area (Å²) in [5.74, 6) is 0.517. The van der Waals surface area contributed by atoms with E-state index in [0.717, 1.165) is 0 Å². The fourth-order valence-corrected chi connectivity index (χ4v) is 0.969. The first-order chi connectivity index (χ1) is 5.79. The highest BCUT2D eigenvalue weighted by molar-refractivity contribution is 5.43. The summed E-state index contributed by atoms with van der Waals surface area (Å²) in [6.07, 6.45) is 0. The number of phenolic OH excluding ortho intramolecular Hbond substituents is 1. The van der Waals surface area contributed by atoms with Crippen LogP contribution in [0.15, 0.2) is 23.4 Å². The molecule has 0 amide bonds. The Hall–Kier alpha value is -1.58. The van der Waals surface area contributed by atoms with Gasteiger partial charge in [0.2, 0.25) is 0 Å². The Morgan fingerprint density at radius 3 is 2.92 bits per heavy atom. The zero-order valence-corrected chi connectivity index (χ0v) is 6.65. The van der Waals surface area contributed by atoms with Crippen LogP contribution in [0.5, 0.6) is 11.5 Å². The molecule has 4 heteroatoms. The topological polar surface area (TPSA) is 58.9 Å². The lowest BCUT2D eigenvalue weighted by atomic mass is 10.2. The van der Waals surface area contributed by atoms with E-state index in [1.807, 2.05) is 0 Å². The van der Waals surface area contributed by atoms with Crippen LogP contribution < -0.4 is 4.74 Å². The van der Waals surface area contributed by atoms with Gasteiger partial charge < -0.3 is 9.84 Å². The second kappa shape index (κ2) is 3.71. The van der Waals surface area contributed by atoms with Gasteiger partial charge in [0, 0.05) is 0 Å². The number of nitrogens with zero attached hydrogens (tertiary/aromatic N) is 1. The summed E-state index contributed by atoms with van der Waals surface area (Å²) in [4.78, 5) is 9.98. The van der Waals surface area contributed by atoms with Crippen molar-refractivity contribution in [3.05, 3.63) is 28.7 Å². The Kier molecular flexibility index (Phi) is 2.63. The average molecular weight is 167 g/mol. The van der Waals surface area contributed by atoms with Crippen molar-refractivity contribution in [2.24, 2.45) is 5.18 Å². The van der Waals surface area contributed by atoms with Crippen LogP contribution in [0.1, 0.15) is 5.56 Å². The molecule has 4 nitrogen and oxygen atoms in total. The van der Waals surface area contributed by atoms with E-state index in [1.54, 1.807) is 12.1 Å². The molecular formula is C8H9NO3. The van der Waals surface area contributed by atoms with E-state index >= 15 is 0 Å². The number of nitroso groups, excluding NO2 is 1. The first-order valence-electron chi connectivity index (χ1n) is 3.43. The average Bonchev–Trinajstić information content (AvgIpc) is 2.09. The van der Waals surface area contributed by atoms with Crippen molar-refractivity contribution in [1.82, 2.24) is 0 Å². The predicted octanol–water partition coefficient (Wildman–Crippen LogP) is 1.67. The zero-order chi connectivity index (χ0) is 8.97. The van der Waals surface area contributed by atoms with Gasteiger partial charge in [0.25, 0.3) is 0 Å². The SMILES string of the molecule is COc1cccc(O)c1CN=O. The molecule has 0 unspecified atom stereocenters. The third-order valence-electron chi connectivity index (χ3n) is 1.55. The van der Waals surface area contributed by atoms with Crippen LogP contribution in [0, 0.1) is 4.91 Å². The van der Waals surface area contributed by atoms with Crippen LogP contribution >= 0.6 is 0 Å². The van der Waals surface area contributed by atoms with Gasteiger partial charge in [-0.2, -0.15) is 4.91 Å². The molecule has 0 heterocycles. The number of methoxy groups -OCH3 is 1. The summed E-state index contributed by atoms with van der Waals surface area (Å²) in [5, 5.41) is 12.0. The molecule has 0 aromatic heterocycles. The van der Waals surface area contributed by atoms with E-state index in [1.165, 1.54) is 13.2 Å². The minimum Gasteiger partial charge on any atom is -0.507 e. The molecule has 12 heavy (non-hydrogen) atoms. The monoisotopic (exact) mass is 167 g/mol. The lowest BCUT2D eigenvalue weighted by molar-refractivity contribution is 0.400. The summed E-state index contributed by atoms with van der Waals surface area (Å²) in [6.45, 7) is -0.0736. The van der Waals surface area contributed by atoms with Crippen molar-refractivity contribution in [3.8, 4) is 11.5 Å². The minimum atomic E-state index is -0.0736. The van der Waals surface area contributed by atoms with E-state index < -0.39 is 0 Å². The second-order valence-electron chi connectivity index (χ2n) is 2.25. The van der Waals surface area contributed by atoms with E-state index in [2.05, 4.69) is 5.18 Å². The Labute approximate surface area is 69.8 Å². The summed E-state index contributed by atoms with van der Waals surface area (Å²) >= 11 is 0. The molecule has 0 radical (unpaired) electrons. The maximum absolute atomic E-state index is 9.98. The number of ether oxygens (including phenoxy) is 1. The van der Waals surface area contributed by atoms with Crippen LogP contribution in [0.2, 0.25) is 0 Å². The lowest BCUT2D eigenvalue weighted by Gasteiger charge is -2.05. The van der Waals surface area contributed by atoms with Gasteiger partial charge in [0.1, 0.15) is 18.0 Å². The van der Waals surface area contributed by atoms with Gasteiger partial charge in [-0.25, -0.2) is 0 Å². The van der Waals surface area contributed by atoms with Crippen molar-refractivity contribution >= 4 is 0 Å². The molecule has 0 aliphatic rings. The van der Waals surface area contributed by atoms with E-state index in [0.29, 0.717) is 11.3 Å². The highest BCUT2D eigenvalue weighted by atomic mass is 16.5. The first-order valence-corrected chi connectivity index (χ1v) is 3.43. The molecule has 0 aliphatic heterocycles. The Morgan fingerprint density at radius 2 is 2.33 bits per heavy atom. The molecule has 1 aromatic carbocycles. The standard InChI is InChI=1S/C8H9NO3/c1-12-8-4-2-3-7(10)6(8)5-9-11/h2-4,10H,5H2,1H3. The van der Waals surface area contributed by atoms with Gasteiger partial charge in [0.15, 0.2) is 0 Å². The van der Waals surface area contributed by atoms with Crippen LogP contribution in [0.3, 0.4) is 0 Å². The molecule has 0 saturated carbocycles. The smallest absolute Gasteiger partial charge is 0.127 e. The van der Waals surface area contributed by atoms with Gasteiger partial charge in [-0.05, 0) is 12.1 Å². The van der Waals surface area contributed by atoms with Crippen molar-refractivity contribution in [1.29, 1.82) is 0 Å². The minimum absolute atomic E-state index is 0.0361. The van der Waals surface area contributed by atoms with Gasteiger partial charge >= 0.3 is 0 Å². The van der Waals surface area contributed by atoms with E-state index in [4.69, 9.17) is 4.74 Å². The maximum atomic E-state index is 9.98. The largest absolute Gasteiger partial charge is 0.507 e. The summed E-state index contributed by atoms with van der Waals surface area (Å²) in [5.41, 5.74) is 0.426. The molecule has 1 rings (SSSR count). The van der Waals surface area contributed by atoms with Gasteiger partial charge in [-0.15, -0.1) is 0 Å². The predicted molar refractivity (Wildman–Crippen MR) is 44.2 cm³/mol. The molecule has 1 N–H and O–H groups in total.